The van der Waals surface area contributed by atoms with Gasteiger partial charge in [0.25, 0.3) is 0 Å². The van der Waals surface area contributed by atoms with Gasteiger partial charge in [-0.25, -0.2) is 0 Å². The predicted molar refractivity (Wildman–Crippen MR) is 85.1 cm³/mol. The summed E-state index contributed by atoms with van der Waals surface area (Å²) in [5.41, 5.74) is 1.22. The minimum Gasteiger partial charge on any atom is -0.508 e. The molecule has 106 valence electrons. The molecule has 0 radical (unpaired) electrons. The zero-order valence-corrected chi connectivity index (χ0v) is 12.1. The van der Waals surface area contributed by atoms with Crippen molar-refractivity contribution in [3.8, 4) is 5.75 Å². The summed E-state index contributed by atoms with van der Waals surface area (Å²) in [5.74, 6) is 1.50. The van der Waals surface area contributed by atoms with Crippen LogP contribution in [0.5, 0.6) is 5.75 Å². The number of allylic oxidation sites excluding steroid dienone is 5. The largest absolute Gasteiger partial charge is 0.508 e. The van der Waals surface area contributed by atoms with Crippen molar-refractivity contribution in [2.45, 2.75) is 12.8 Å². The fraction of sp³-hybridized carbons (Fsp3) is 0.222. The van der Waals surface area contributed by atoms with Gasteiger partial charge in [-0.15, -0.1) is 6.58 Å². The highest BCUT2D eigenvalue weighted by atomic mass is 16.5. The smallest absolute Gasteiger partial charge is 0.118 e. The summed E-state index contributed by atoms with van der Waals surface area (Å²) in [5, 5.41) is 9.31. The predicted octanol–water partition coefficient (Wildman–Crippen LogP) is 4.79. The minimum atomic E-state index is 0.154. The van der Waals surface area contributed by atoms with E-state index in [4.69, 9.17) is 4.74 Å². The van der Waals surface area contributed by atoms with Gasteiger partial charge in [-0.3, -0.25) is 0 Å². The van der Waals surface area contributed by atoms with Gasteiger partial charge in [0.05, 0.1) is 7.11 Å². The van der Waals surface area contributed by atoms with Crippen LogP contribution in [0.3, 0.4) is 0 Å². The molecule has 0 saturated heterocycles. The van der Waals surface area contributed by atoms with Crippen molar-refractivity contribution >= 4 is 0 Å². The van der Waals surface area contributed by atoms with Gasteiger partial charge in [0.15, 0.2) is 0 Å². The van der Waals surface area contributed by atoms with Gasteiger partial charge in [0.1, 0.15) is 11.5 Å². The molecule has 1 N–H and O–H groups in total. The summed E-state index contributed by atoms with van der Waals surface area (Å²) in [6.45, 7) is 9.52. The highest BCUT2D eigenvalue weighted by Gasteiger charge is 2.13. The third-order valence-corrected chi connectivity index (χ3v) is 3.30. The van der Waals surface area contributed by atoms with Gasteiger partial charge >= 0.3 is 0 Å². The standard InChI is InChI=1S/C18H22O2/c1-5-15(8-7-9-17(19)6-2)14(3)16-10-12-18(20-4)13-11-16/h5-15,19H,1-2H2,3-4H3/b8-7-,17-9+. The lowest BCUT2D eigenvalue weighted by molar-refractivity contribution is 0.414. The Morgan fingerprint density at radius 3 is 2.40 bits per heavy atom. The second-order valence-corrected chi connectivity index (χ2v) is 4.56. The number of methoxy groups -OCH3 is 1. The van der Waals surface area contributed by atoms with Crippen LogP contribution in [-0.2, 0) is 0 Å². The van der Waals surface area contributed by atoms with E-state index >= 15 is 0 Å². The van der Waals surface area contributed by atoms with Crippen LogP contribution in [0.2, 0.25) is 0 Å². The highest BCUT2D eigenvalue weighted by Crippen LogP contribution is 2.27. The van der Waals surface area contributed by atoms with Crippen molar-refractivity contribution in [3.05, 3.63) is 79.1 Å². The molecule has 0 aliphatic rings. The minimum absolute atomic E-state index is 0.154. The quantitative estimate of drug-likeness (QED) is 0.439. The van der Waals surface area contributed by atoms with Crippen LogP contribution in [0.25, 0.3) is 0 Å². The first-order chi connectivity index (χ1) is 9.62. The van der Waals surface area contributed by atoms with E-state index in [-0.39, 0.29) is 11.7 Å². The van der Waals surface area contributed by atoms with Gasteiger partial charge in [-0.05, 0) is 35.8 Å². The molecule has 0 aliphatic carbocycles. The monoisotopic (exact) mass is 270 g/mol. The lowest BCUT2D eigenvalue weighted by Gasteiger charge is -2.18. The van der Waals surface area contributed by atoms with Gasteiger partial charge < -0.3 is 9.84 Å². The molecule has 0 spiro atoms. The van der Waals surface area contributed by atoms with Crippen LogP contribution in [0.4, 0.5) is 0 Å². The number of hydrogen-bond acceptors (Lipinski definition) is 2. The average molecular weight is 270 g/mol. The molecule has 0 fully saturated rings. The molecule has 0 aromatic heterocycles. The van der Waals surface area contributed by atoms with Crippen molar-refractivity contribution in [2.75, 3.05) is 7.11 Å². The normalized spacial score (nSPS) is 14.8. The second kappa shape index (κ2) is 8.05. The van der Waals surface area contributed by atoms with E-state index in [1.54, 1.807) is 13.2 Å². The molecule has 0 aliphatic heterocycles. The Hall–Kier alpha value is -2.22. The molecule has 2 heteroatoms. The number of benzene rings is 1. The molecule has 0 saturated carbocycles. The zero-order valence-electron chi connectivity index (χ0n) is 12.1. The number of aliphatic hydroxyl groups excluding tert-OH is 1. The molecular formula is C18H22O2. The Balaban J connectivity index is 2.82. The molecule has 1 rings (SSSR count). The van der Waals surface area contributed by atoms with E-state index in [1.165, 1.54) is 11.6 Å². The van der Waals surface area contributed by atoms with Gasteiger partial charge in [0, 0.05) is 5.92 Å². The molecule has 0 amide bonds. The maximum Gasteiger partial charge on any atom is 0.118 e. The van der Waals surface area contributed by atoms with Crippen LogP contribution in [0.15, 0.2) is 73.6 Å². The first-order valence-electron chi connectivity index (χ1n) is 6.58. The number of rotatable bonds is 7. The van der Waals surface area contributed by atoms with Crippen molar-refractivity contribution in [2.24, 2.45) is 5.92 Å². The Bertz CT molecular complexity index is 495. The summed E-state index contributed by atoms with van der Waals surface area (Å²) in [6.07, 6.45) is 8.76. The van der Waals surface area contributed by atoms with Gasteiger partial charge in [-0.2, -0.15) is 0 Å². The molecule has 2 nitrogen and oxygen atoms in total. The lowest BCUT2D eigenvalue weighted by atomic mass is 9.87. The zero-order chi connectivity index (χ0) is 15.0. The average Bonchev–Trinajstić information content (AvgIpc) is 2.50. The maximum atomic E-state index is 9.31. The van der Waals surface area contributed by atoms with E-state index in [0.717, 1.165) is 5.75 Å². The Labute approximate surface area is 121 Å². The van der Waals surface area contributed by atoms with E-state index in [0.29, 0.717) is 5.92 Å². The van der Waals surface area contributed by atoms with Crippen LogP contribution in [0.1, 0.15) is 18.4 Å². The molecule has 1 aromatic rings. The molecule has 2 unspecified atom stereocenters. The fourth-order valence-corrected chi connectivity index (χ4v) is 1.93. The summed E-state index contributed by atoms with van der Waals surface area (Å²) < 4.78 is 5.16. The summed E-state index contributed by atoms with van der Waals surface area (Å²) >= 11 is 0. The summed E-state index contributed by atoms with van der Waals surface area (Å²) in [7, 11) is 1.66. The summed E-state index contributed by atoms with van der Waals surface area (Å²) in [4.78, 5) is 0. The Kier molecular flexibility index (Phi) is 6.38. The Morgan fingerprint density at radius 1 is 1.25 bits per heavy atom. The van der Waals surface area contributed by atoms with Crippen molar-refractivity contribution in [1.29, 1.82) is 0 Å². The van der Waals surface area contributed by atoms with Gasteiger partial charge in [0.2, 0.25) is 0 Å². The van der Waals surface area contributed by atoms with Gasteiger partial charge in [-0.1, -0.05) is 43.9 Å². The van der Waals surface area contributed by atoms with Crippen molar-refractivity contribution in [1.82, 2.24) is 0 Å². The number of ether oxygens (including phenoxy) is 1. The second-order valence-electron chi connectivity index (χ2n) is 4.56. The molecule has 0 bridgehead atoms. The molecular weight excluding hydrogens is 248 g/mol. The van der Waals surface area contributed by atoms with Crippen molar-refractivity contribution < 1.29 is 9.84 Å². The summed E-state index contributed by atoms with van der Waals surface area (Å²) in [6, 6.07) is 8.04. The number of hydrogen-bond donors (Lipinski definition) is 1. The van der Waals surface area contributed by atoms with Crippen LogP contribution in [-0.4, -0.2) is 12.2 Å². The van der Waals surface area contributed by atoms with E-state index < -0.39 is 0 Å². The van der Waals surface area contributed by atoms with Crippen LogP contribution < -0.4 is 4.74 Å². The van der Waals surface area contributed by atoms with Crippen LogP contribution in [0, 0.1) is 5.92 Å². The highest BCUT2D eigenvalue weighted by molar-refractivity contribution is 5.31. The fourth-order valence-electron chi connectivity index (χ4n) is 1.93. The lowest BCUT2D eigenvalue weighted by Crippen LogP contribution is -2.04. The first-order valence-corrected chi connectivity index (χ1v) is 6.58. The third-order valence-electron chi connectivity index (χ3n) is 3.30. The van der Waals surface area contributed by atoms with E-state index in [9.17, 15) is 5.11 Å². The Morgan fingerprint density at radius 2 is 1.90 bits per heavy atom. The SMILES string of the molecule is C=C/C(O)=C\C=C/C(C=C)C(C)c1ccc(OC)cc1. The molecule has 2 atom stereocenters. The third kappa shape index (κ3) is 4.47. The number of aliphatic hydroxyl groups is 1. The van der Waals surface area contributed by atoms with E-state index in [1.807, 2.05) is 30.4 Å². The topological polar surface area (TPSA) is 29.5 Å². The first kappa shape index (κ1) is 15.8. The molecule has 20 heavy (non-hydrogen) atoms. The maximum absolute atomic E-state index is 9.31. The van der Waals surface area contributed by atoms with E-state index in [2.05, 4.69) is 32.2 Å². The molecule has 0 heterocycles. The molecule has 1 aromatic carbocycles. The van der Waals surface area contributed by atoms with Crippen LogP contribution >= 0.6 is 0 Å². The van der Waals surface area contributed by atoms with Crippen molar-refractivity contribution in [3.63, 3.8) is 0 Å².